The molecule has 0 aliphatic heterocycles. The van der Waals surface area contributed by atoms with Gasteiger partial charge in [0.2, 0.25) is 0 Å². The van der Waals surface area contributed by atoms with Crippen LogP contribution in [-0.4, -0.2) is 16.0 Å². The number of hydrogen-bond acceptors (Lipinski definition) is 3. The van der Waals surface area contributed by atoms with Crippen LogP contribution in [0.3, 0.4) is 0 Å². The molecule has 0 heterocycles. The predicted molar refractivity (Wildman–Crippen MR) is 53.6 cm³/mol. The number of carbonyl (C=O) groups is 1. The van der Waals surface area contributed by atoms with E-state index in [1.54, 1.807) is 6.07 Å². The van der Waals surface area contributed by atoms with Gasteiger partial charge in [0.05, 0.1) is 4.92 Å². The monoisotopic (exact) mass is 207 g/mol. The first-order chi connectivity index (χ1) is 7.00. The lowest BCUT2D eigenvalue weighted by atomic mass is 10.1. The highest BCUT2D eigenvalue weighted by molar-refractivity contribution is 5.86. The summed E-state index contributed by atoms with van der Waals surface area (Å²) in [6, 6.07) is 5.84. The molecule has 5 nitrogen and oxygen atoms in total. The molecule has 78 valence electrons. The van der Waals surface area contributed by atoms with Crippen molar-refractivity contribution in [2.45, 2.75) is 6.42 Å². The minimum atomic E-state index is -1.10. The largest absolute Gasteiger partial charge is 0.478 e. The molecule has 0 aliphatic carbocycles. The zero-order valence-electron chi connectivity index (χ0n) is 7.84. The average Bonchev–Trinajstić information content (AvgIpc) is 2.18. The van der Waals surface area contributed by atoms with Crippen LogP contribution in [0.25, 0.3) is 0 Å². The van der Waals surface area contributed by atoms with E-state index in [4.69, 9.17) is 5.11 Å². The molecule has 0 amide bonds. The van der Waals surface area contributed by atoms with Crippen molar-refractivity contribution >= 4 is 11.7 Å². The van der Waals surface area contributed by atoms with Gasteiger partial charge in [-0.2, -0.15) is 0 Å². The first-order valence-corrected chi connectivity index (χ1v) is 4.15. The van der Waals surface area contributed by atoms with Gasteiger partial charge in [-0.3, -0.25) is 10.1 Å². The number of carboxylic acids is 1. The fraction of sp³-hybridized carbons (Fsp3) is 0.100. The number of rotatable bonds is 4. The third-order valence-corrected chi connectivity index (χ3v) is 1.84. The van der Waals surface area contributed by atoms with Crippen LogP contribution < -0.4 is 0 Å². The highest BCUT2D eigenvalue weighted by Crippen LogP contribution is 2.15. The van der Waals surface area contributed by atoms with Gasteiger partial charge in [-0.25, -0.2) is 4.79 Å². The number of carboxylic acid groups (broad SMARTS) is 1. The number of nitro benzene ring substituents is 1. The zero-order valence-corrected chi connectivity index (χ0v) is 7.84. The third kappa shape index (κ3) is 2.91. The molecule has 1 aromatic carbocycles. The second-order valence-electron chi connectivity index (χ2n) is 3.01. The lowest BCUT2D eigenvalue weighted by Gasteiger charge is -2.00. The number of hydrogen-bond donors (Lipinski definition) is 1. The quantitative estimate of drug-likeness (QED) is 0.463. The minimum absolute atomic E-state index is 0.00972. The van der Waals surface area contributed by atoms with E-state index in [2.05, 4.69) is 6.58 Å². The average molecular weight is 207 g/mol. The molecule has 0 bridgehead atoms. The van der Waals surface area contributed by atoms with E-state index in [1.165, 1.54) is 18.2 Å². The molecule has 0 atom stereocenters. The van der Waals surface area contributed by atoms with E-state index in [0.29, 0.717) is 5.56 Å². The maximum absolute atomic E-state index is 10.5. The SMILES string of the molecule is C=C(Cc1cccc([N+](=O)[O-])c1)C(=O)O. The van der Waals surface area contributed by atoms with Gasteiger partial charge in [-0.1, -0.05) is 18.7 Å². The van der Waals surface area contributed by atoms with Crippen molar-refractivity contribution in [2.24, 2.45) is 0 Å². The molecule has 1 aromatic rings. The number of aliphatic carboxylic acids is 1. The van der Waals surface area contributed by atoms with Gasteiger partial charge in [0.25, 0.3) is 5.69 Å². The van der Waals surface area contributed by atoms with Crippen molar-refractivity contribution in [3.8, 4) is 0 Å². The van der Waals surface area contributed by atoms with Crippen LogP contribution in [-0.2, 0) is 11.2 Å². The topological polar surface area (TPSA) is 80.4 Å². The van der Waals surface area contributed by atoms with Crippen molar-refractivity contribution < 1.29 is 14.8 Å². The van der Waals surface area contributed by atoms with Crippen LogP contribution in [0.1, 0.15) is 5.56 Å². The summed E-state index contributed by atoms with van der Waals surface area (Å²) < 4.78 is 0. The van der Waals surface area contributed by atoms with E-state index < -0.39 is 10.9 Å². The normalized spacial score (nSPS) is 9.60. The summed E-state index contributed by atoms with van der Waals surface area (Å²) in [6.07, 6.45) is 0.108. The number of benzene rings is 1. The smallest absolute Gasteiger partial charge is 0.331 e. The Morgan fingerprint density at radius 3 is 2.73 bits per heavy atom. The van der Waals surface area contributed by atoms with Crippen LogP contribution in [0, 0.1) is 10.1 Å². The molecule has 0 saturated heterocycles. The molecule has 0 fully saturated rings. The van der Waals surface area contributed by atoms with Gasteiger partial charge in [0.1, 0.15) is 0 Å². The summed E-state index contributed by atoms with van der Waals surface area (Å²) in [4.78, 5) is 20.4. The van der Waals surface area contributed by atoms with Crippen molar-refractivity contribution in [2.75, 3.05) is 0 Å². The van der Waals surface area contributed by atoms with E-state index in [1.807, 2.05) is 0 Å². The molecule has 0 saturated carbocycles. The van der Waals surface area contributed by atoms with E-state index in [9.17, 15) is 14.9 Å². The Kier molecular flexibility index (Phi) is 3.17. The van der Waals surface area contributed by atoms with Crippen molar-refractivity contribution in [3.63, 3.8) is 0 Å². The van der Waals surface area contributed by atoms with Crippen LogP contribution in [0.4, 0.5) is 5.69 Å². The van der Waals surface area contributed by atoms with Crippen LogP contribution >= 0.6 is 0 Å². The molecule has 0 unspecified atom stereocenters. The zero-order chi connectivity index (χ0) is 11.4. The molecule has 1 rings (SSSR count). The van der Waals surface area contributed by atoms with Crippen molar-refractivity contribution in [1.29, 1.82) is 0 Å². The summed E-state index contributed by atoms with van der Waals surface area (Å²) in [7, 11) is 0. The van der Waals surface area contributed by atoms with Gasteiger partial charge in [0.15, 0.2) is 0 Å². The molecule has 0 aliphatic rings. The summed E-state index contributed by atoms with van der Waals surface area (Å²) in [5.74, 6) is -1.10. The standard InChI is InChI=1S/C10H9NO4/c1-7(10(12)13)5-8-3-2-4-9(6-8)11(14)15/h2-4,6H,1,5H2,(H,12,13). The summed E-state index contributed by atoms with van der Waals surface area (Å²) in [6.45, 7) is 3.35. The van der Waals surface area contributed by atoms with Gasteiger partial charge in [-0.15, -0.1) is 0 Å². The van der Waals surface area contributed by atoms with Crippen molar-refractivity contribution in [1.82, 2.24) is 0 Å². The molecule has 0 aromatic heterocycles. The maximum Gasteiger partial charge on any atom is 0.331 e. The second-order valence-corrected chi connectivity index (χ2v) is 3.01. The first kappa shape index (κ1) is 10.9. The third-order valence-electron chi connectivity index (χ3n) is 1.84. The molecule has 0 spiro atoms. The van der Waals surface area contributed by atoms with Gasteiger partial charge in [0, 0.05) is 24.1 Å². The predicted octanol–water partition coefficient (Wildman–Crippen LogP) is 1.78. The maximum atomic E-state index is 10.5. The van der Waals surface area contributed by atoms with Gasteiger partial charge < -0.3 is 5.11 Å². The highest BCUT2D eigenvalue weighted by atomic mass is 16.6. The Morgan fingerprint density at radius 1 is 1.53 bits per heavy atom. The Balaban J connectivity index is 2.87. The summed E-state index contributed by atoms with van der Waals surface area (Å²) in [5.41, 5.74) is 0.526. The van der Waals surface area contributed by atoms with E-state index in [0.717, 1.165) is 0 Å². The van der Waals surface area contributed by atoms with E-state index in [-0.39, 0.29) is 17.7 Å². The summed E-state index contributed by atoms with van der Waals surface area (Å²) in [5, 5.41) is 19.0. The molecule has 5 heteroatoms. The van der Waals surface area contributed by atoms with Crippen LogP contribution in [0.15, 0.2) is 36.4 Å². The Morgan fingerprint density at radius 2 is 2.20 bits per heavy atom. The molecule has 0 radical (unpaired) electrons. The molecular weight excluding hydrogens is 198 g/mol. The fourth-order valence-electron chi connectivity index (χ4n) is 1.10. The second kappa shape index (κ2) is 4.36. The van der Waals surface area contributed by atoms with Crippen LogP contribution in [0.2, 0.25) is 0 Å². The van der Waals surface area contributed by atoms with Crippen LogP contribution in [0.5, 0.6) is 0 Å². The molecule has 1 N–H and O–H groups in total. The van der Waals surface area contributed by atoms with Gasteiger partial charge in [-0.05, 0) is 5.56 Å². The Bertz CT molecular complexity index is 425. The number of non-ortho nitro benzene ring substituents is 1. The minimum Gasteiger partial charge on any atom is -0.478 e. The lowest BCUT2D eigenvalue weighted by molar-refractivity contribution is -0.384. The molecule has 15 heavy (non-hydrogen) atoms. The highest BCUT2D eigenvalue weighted by Gasteiger charge is 2.09. The summed E-state index contributed by atoms with van der Waals surface area (Å²) >= 11 is 0. The molecular formula is C10H9NO4. The first-order valence-electron chi connectivity index (χ1n) is 4.15. The fourth-order valence-corrected chi connectivity index (χ4v) is 1.10. The lowest BCUT2D eigenvalue weighted by Crippen LogP contribution is -2.02. The van der Waals surface area contributed by atoms with E-state index >= 15 is 0 Å². The van der Waals surface area contributed by atoms with Crippen molar-refractivity contribution in [3.05, 3.63) is 52.1 Å². The number of nitro groups is 1. The Labute approximate surface area is 85.8 Å². The number of nitrogens with zero attached hydrogens (tertiary/aromatic N) is 1. The van der Waals surface area contributed by atoms with Gasteiger partial charge >= 0.3 is 5.97 Å². The Hall–Kier alpha value is -2.17.